The van der Waals surface area contributed by atoms with Crippen LogP contribution >= 0.6 is 0 Å². The zero-order valence-electron chi connectivity index (χ0n) is 31.4. The minimum absolute atomic E-state index is 0.538. The molecule has 58 heavy (non-hydrogen) atoms. The Balaban J connectivity index is 1.06. The molecule has 0 fully saturated rings. The molecular weight excluding hydrogens is 705 g/mol. The molecule has 2 aliphatic rings. The largest absolute Gasteiger partial charge is 0.456 e. The second kappa shape index (κ2) is 12.7. The van der Waals surface area contributed by atoms with Crippen LogP contribution in [0.4, 0.5) is 0 Å². The molecule has 270 valence electrons. The van der Waals surface area contributed by atoms with Gasteiger partial charge < -0.3 is 4.42 Å². The number of aromatic nitrogens is 2. The van der Waals surface area contributed by atoms with Gasteiger partial charge in [-0.05, 0) is 68.3 Å². The first kappa shape index (κ1) is 32.6. The van der Waals surface area contributed by atoms with E-state index in [0.717, 1.165) is 67.1 Å². The minimum Gasteiger partial charge on any atom is -0.456 e. The van der Waals surface area contributed by atoms with Crippen molar-refractivity contribution in [2.45, 2.75) is 5.41 Å². The lowest BCUT2D eigenvalue weighted by Crippen LogP contribution is -2.25. The maximum atomic E-state index is 6.76. The molecule has 0 saturated heterocycles. The first-order valence-electron chi connectivity index (χ1n) is 19.8. The summed E-state index contributed by atoms with van der Waals surface area (Å²) in [4.78, 5) is 10.5. The fraction of sp³-hybridized carbons (Fsp3) is 0.0182. The van der Waals surface area contributed by atoms with Crippen LogP contribution in [0, 0.1) is 0 Å². The maximum Gasteiger partial charge on any atom is 0.160 e. The standard InChI is InChI=1S/C55H34N2O/c1-3-15-35(16-4-1)36-27-29-38(30-28-36)54-56-49(37-17-5-2-6-18-37)34-50(57-54)43-21-8-7-19-40(43)39-31-32-42-41-20-9-12-24-46(41)55(48(42)33-39)47-25-13-10-22-44(47)53-52(55)45-23-11-14-26-51(45)58-53/h1-34H. The van der Waals surface area contributed by atoms with Gasteiger partial charge >= 0.3 is 0 Å². The van der Waals surface area contributed by atoms with Gasteiger partial charge in [-0.2, -0.15) is 0 Å². The van der Waals surface area contributed by atoms with Gasteiger partial charge in [0.1, 0.15) is 11.3 Å². The normalized spacial score (nSPS) is 14.6. The fourth-order valence-electron chi connectivity index (χ4n) is 9.63. The van der Waals surface area contributed by atoms with Gasteiger partial charge in [-0.3, -0.25) is 0 Å². The third kappa shape index (κ3) is 4.74. The predicted molar refractivity (Wildman–Crippen MR) is 235 cm³/mol. The van der Waals surface area contributed by atoms with Gasteiger partial charge in [-0.1, -0.05) is 188 Å². The lowest BCUT2D eigenvalue weighted by molar-refractivity contribution is 0.628. The van der Waals surface area contributed by atoms with E-state index in [-0.39, 0.29) is 0 Å². The average molecular weight is 739 g/mol. The molecule has 0 amide bonds. The summed E-state index contributed by atoms with van der Waals surface area (Å²) in [6.45, 7) is 0. The Morgan fingerprint density at radius 1 is 0.345 bits per heavy atom. The Hall–Kier alpha value is -7.62. The highest BCUT2D eigenvalue weighted by Crippen LogP contribution is 2.65. The highest BCUT2D eigenvalue weighted by Gasteiger charge is 2.54. The molecule has 12 rings (SSSR count). The predicted octanol–water partition coefficient (Wildman–Crippen LogP) is 13.9. The van der Waals surface area contributed by atoms with Crippen molar-refractivity contribution in [1.29, 1.82) is 0 Å². The Morgan fingerprint density at radius 3 is 1.66 bits per heavy atom. The number of hydrogen-bond acceptors (Lipinski definition) is 3. The number of rotatable bonds is 5. The third-order valence-electron chi connectivity index (χ3n) is 12.2. The summed E-state index contributed by atoms with van der Waals surface area (Å²) in [7, 11) is 0. The number of hydrogen-bond donors (Lipinski definition) is 0. The van der Waals surface area contributed by atoms with Gasteiger partial charge in [-0.15, -0.1) is 0 Å². The molecule has 0 radical (unpaired) electrons. The quantitative estimate of drug-likeness (QED) is 0.176. The van der Waals surface area contributed by atoms with Crippen LogP contribution in [-0.2, 0) is 5.41 Å². The summed E-state index contributed by atoms with van der Waals surface area (Å²) < 4.78 is 6.76. The van der Waals surface area contributed by atoms with Crippen LogP contribution in [0.3, 0.4) is 0 Å². The lowest BCUT2D eigenvalue weighted by atomic mass is 9.69. The molecule has 1 unspecified atom stereocenters. The smallest absolute Gasteiger partial charge is 0.160 e. The van der Waals surface area contributed by atoms with E-state index >= 15 is 0 Å². The first-order valence-corrected chi connectivity index (χ1v) is 19.8. The molecule has 0 saturated carbocycles. The molecule has 8 aromatic carbocycles. The van der Waals surface area contributed by atoms with Crippen molar-refractivity contribution in [2.75, 3.05) is 0 Å². The average Bonchev–Trinajstić information content (AvgIpc) is 3.93. The number of nitrogens with zero attached hydrogens (tertiary/aromatic N) is 2. The summed E-state index contributed by atoms with van der Waals surface area (Å²) in [6.07, 6.45) is 0. The van der Waals surface area contributed by atoms with Crippen molar-refractivity contribution < 1.29 is 4.42 Å². The molecule has 2 heterocycles. The Bertz CT molecular complexity index is 3220. The van der Waals surface area contributed by atoms with Crippen LogP contribution in [-0.4, -0.2) is 9.97 Å². The van der Waals surface area contributed by atoms with Crippen molar-refractivity contribution >= 4 is 11.0 Å². The molecule has 0 bridgehead atoms. The van der Waals surface area contributed by atoms with E-state index < -0.39 is 5.41 Å². The summed E-state index contributed by atoms with van der Waals surface area (Å²) in [6, 6.07) is 73.5. The van der Waals surface area contributed by atoms with Crippen molar-refractivity contribution in [3.63, 3.8) is 0 Å². The zero-order chi connectivity index (χ0) is 38.2. The summed E-state index contributed by atoms with van der Waals surface area (Å²) in [5.41, 5.74) is 18.5. The highest BCUT2D eigenvalue weighted by molar-refractivity contribution is 6.02. The van der Waals surface area contributed by atoms with Crippen LogP contribution < -0.4 is 0 Å². The topological polar surface area (TPSA) is 38.9 Å². The van der Waals surface area contributed by atoms with Crippen LogP contribution in [0.15, 0.2) is 211 Å². The van der Waals surface area contributed by atoms with Crippen molar-refractivity contribution in [3.05, 3.63) is 229 Å². The first-order chi connectivity index (χ1) is 28.8. The van der Waals surface area contributed by atoms with E-state index in [4.69, 9.17) is 14.4 Å². The molecule has 1 atom stereocenters. The number of furan rings is 1. The second-order valence-corrected chi connectivity index (χ2v) is 15.2. The van der Waals surface area contributed by atoms with E-state index in [1.165, 1.54) is 38.9 Å². The van der Waals surface area contributed by atoms with Crippen LogP contribution in [0.25, 0.3) is 89.6 Å². The lowest BCUT2D eigenvalue weighted by Gasteiger charge is -2.30. The van der Waals surface area contributed by atoms with Gasteiger partial charge in [0.25, 0.3) is 0 Å². The third-order valence-corrected chi connectivity index (χ3v) is 12.2. The Labute approximate surface area is 336 Å². The van der Waals surface area contributed by atoms with Crippen molar-refractivity contribution in [2.24, 2.45) is 0 Å². The van der Waals surface area contributed by atoms with Gasteiger partial charge in [0.15, 0.2) is 5.82 Å². The van der Waals surface area contributed by atoms with E-state index in [1.807, 2.05) is 12.1 Å². The minimum atomic E-state index is -0.538. The molecule has 10 aromatic rings. The number of para-hydroxylation sites is 1. The molecule has 1 spiro atoms. The Kier molecular flexibility index (Phi) is 7.14. The number of fused-ring (bicyclic) bond motifs is 12. The van der Waals surface area contributed by atoms with E-state index in [9.17, 15) is 0 Å². The van der Waals surface area contributed by atoms with Crippen LogP contribution in [0.5, 0.6) is 0 Å². The molecule has 2 aromatic heterocycles. The van der Waals surface area contributed by atoms with Gasteiger partial charge in [-0.25, -0.2) is 9.97 Å². The zero-order valence-corrected chi connectivity index (χ0v) is 31.4. The van der Waals surface area contributed by atoms with Crippen LogP contribution in [0.2, 0.25) is 0 Å². The molecule has 3 nitrogen and oxygen atoms in total. The molecular formula is C55H34N2O. The molecule has 2 aliphatic carbocycles. The van der Waals surface area contributed by atoms with E-state index in [2.05, 4.69) is 194 Å². The van der Waals surface area contributed by atoms with Crippen molar-refractivity contribution in [3.8, 4) is 78.6 Å². The van der Waals surface area contributed by atoms with Gasteiger partial charge in [0.05, 0.1) is 16.8 Å². The summed E-state index contributed by atoms with van der Waals surface area (Å²) in [5.74, 6) is 1.65. The maximum absolute atomic E-state index is 6.76. The van der Waals surface area contributed by atoms with Crippen molar-refractivity contribution in [1.82, 2.24) is 9.97 Å². The van der Waals surface area contributed by atoms with E-state index in [1.54, 1.807) is 0 Å². The summed E-state index contributed by atoms with van der Waals surface area (Å²) in [5, 5.41) is 1.15. The SMILES string of the molecule is c1ccc(-c2ccc(-c3nc(-c4ccccc4)cc(-c4ccccc4-c4ccc5c(c4)C4(c6ccccc6-5)c5ccccc5-c5oc6ccccc6c54)n3)cc2)cc1. The number of benzene rings is 8. The van der Waals surface area contributed by atoms with Gasteiger partial charge in [0.2, 0.25) is 0 Å². The highest BCUT2D eigenvalue weighted by atomic mass is 16.3. The van der Waals surface area contributed by atoms with E-state index in [0.29, 0.717) is 5.82 Å². The summed E-state index contributed by atoms with van der Waals surface area (Å²) >= 11 is 0. The molecule has 3 heteroatoms. The molecule has 0 N–H and O–H groups in total. The monoisotopic (exact) mass is 738 g/mol. The Morgan fingerprint density at radius 2 is 0.879 bits per heavy atom. The van der Waals surface area contributed by atoms with Gasteiger partial charge in [0, 0.05) is 33.2 Å². The molecule has 0 aliphatic heterocycles. The second-order valence-electron chi connectivity index (χ2n) is 15.2. The fourth-order valence-corrected chi connectivity index (χ4v) is 9.63. The van der Waals surface area contributed by atoms with Crippen LogP contribution in [0.1, 0.15) is 22.3 Å².